The molecular weight excluding hydrogens is 290 g/mol. The van der Waals surface area contributed by atoms with Gasteiger partial charge in [0.2, 0.25) is 0 Å². The number of hydrogen-bond acceptors (Lipinski definition) is 5. The minimum atomic E-state index is 0.414. The second-order valence-corrected chi connectivity index (χ2v) is 4.93. The van der Waals surface area contributed by atoms with Crippen LogP contribution in [0.2, 0.25) is 5.02 Å². The van der Waals surface area contributed by atoms with Gasteiger partial charge in [0.15, 0.2) is 5.58 Å². The van der Waals surface area contributed by atoms with Crippen molar-refractivity contribution >= 4 is 34.4 Å². The van der Waals surface area contributed by atoms with Crippen molar-refractivity contribution in [3.8, 4) is 5.75 Å². The van der Waals surface area contributed by atoms with Crippen LogP contribution in [0.4, 0.5) is 11.7 Å². The number of oxazole rings is 1. The number of benzene rings is 2. The molecule has 0 aliphatic rings. The maximum Gasteiger partial charge on any atom is 0.295 e. The molecule has 5 nitrogen and oxygen atoms in total. The van der Waals surface area contributed by atoms with Gasteiger partial charge in [0.25, 0.3) is 6.01 Å². The monoisotopic (exact) mass is 303 g/mol. The Kier molecular flexibility index (Phi) is 3.58. The van der Waals surface area contributed by atoms with Crippen molar-refractivity contribution < 1.29 is 9.15 Å². The lowest BCUT2D eigenvalue weighted by Crippen LogP contribution is -2.02. The maximum atomic E-state index is 6.19. The molecule has 0 saturated carbocycles. The molecule has 108 valence electrons. The number of methoxy groups -OCH3 is 1. The van der Waals surface area contributed by atoms with Gasteiger partial charge >= 0.3 is 0 Å². The number of ether oxygens (including phenoxy) is 1. The summed E-state index contributed by atoms with van der Waals surface area (Å²) in [6.45, 7) is 0.450. The smallest absolute Gasteiger partial charge is 0.295 e. The molecule has 3 rings (SSSR count). The lowest BCUT2D eigenvalue weighted by Gasteiger charge is -2.10. The zero-order valence-corrected chi connectivity index (χ0v) is 12.1. The van der Waals surface area contributed by atoms with Gasteiger partial charge in [0.1, 0.15) is 11.3 Å². The van der Waals surface area contributed by atoms with Crippen LogP contribution in [-0.2, 0) is 6.54 Å². The van der Waals surface area contributed by atoms with E-state index in [1.165, 1.54) is 0 Å². The molecular formula is C15H14ClN3O2. The Labute approximate surface area is 126 Å². The molecule has 0 amide bonds. The van der Waals surface area contributed by atoms with Gasteiger partial charge in [-0.15, -0.1) is 0 Å². The van der Waals surface area contributed by atoms with E-state index in [9.17, 15) is 0 Å². The highest BCUT2D eigenvalue weighted by atomic mass is 35.5. The molecule has 1 heterocycles. The topological polar surface area (TPSA) is 73.3 Å². The summed E-state index contributed by atoms with van der Waals surface area (Å²) in [4.78, 5) is 4.33. The number of anilines is 2. The molecule has 0 fully saturated rings. The van der Waals surface area contributed by atoms with Crippen molar-refractivity contribution in [2.75, 3.05) is 18.2 Å². The molecule has 3 N–H and O–H groups in total. The highest BCUT2D eigenvalue weighted by Gasteiger charge is 2.10. The van der Waals surface area contributed by atoms with Gasteiger partial charge < -0.3 is 20.2 Å². The van der Waals surface area contributed by atoms with E-state index < -0.39 is 0 Å². The zero-order valence-electron chi connectivity index (χ0n) is 11.4. The average molecular weight is 304 g/mol. The third-order valence-electron chi connectivity index (χ3n) is 3.12. The van der Waals surface area contributed by atoms with Crippen LogP contribution < -0.4 is 15.8 Å². The standard InChI is InChI=1S/C15H14ClN3O2/c1-20-13-4-2-3-11(16)10(13)8-18-15-19-12-7-9(17)5-6-14(12)21-15/h2-7H,8,17H2,1H3,(H,18,19). The number of rotatable bonds is 4. The average Bonchev–Trinajstić information content (AvgIpc) is 2.87. The number of nitrogens with two attached hydrogens (primary N) is 1. The van der Waals surface area contributed by atoms with E-state index in [4.69, 9.17) is 26.5 Å². The molecule has 0 spiro atoms. The predicted molar refractivity (Wildman–Crippen MR) is 83.8 cm³/mol. The minimum absolute atomic E-state index is 0.414. The molecule has 0 aliphatic heterocycles. The molecule has 1 aromatic heterocycles. The number of aromatic nitrogens is 1. The van der Waals surface area contributed by atoms with Gasteiger partial charge in [-0.3, -0.25) is 0 Å². The van der Waals surface area contributed by atoms with E-state index >= 15 is 0 Å². The lowest BCUT2D eigenvalue weighted by atomic mass is 10.2. The Bertz CT molecular complexity index is 786. The van der Waals surface area contributed by atoms with Crippen LogP contribution in [0.25, 0.3) is 11.1 Å². The van der Waals surface area contributed by atoms with Crippen molar-refractivity contribution in [1.82, 2.24) is 4.98 Å². The van der Waals surface area contributed by atoms with E-state index in [1.807, 2.05) is 18.2 Å². The second-order valence-electron chi connectivity index (χ2n) is 4.52. The molecule has 0 bridgehead atoms. The van der Waals surface area contributed by atoms with E-state index in [1.54, 1.807) is 25.3 Å². The number of nitrogen functional groups attached to an aromatic ring is 1. The third-order valence-corrected chi connectivity index (χ3v) is 3.48. The number of halogens is 1. The third kappa shape index (κ3) is 2.73. The van der Waals surface area contributed by atoms with Gasteiger partial charge in [-0.2, -0.15) is 4.98 Å². The van der Waals surface area contributed by atoms with E-state index in [-0.39, 0.29) is 0 Å². The number of nitrogens with zero attached hydrogens (tertiary/aromatic N) is 1. The first-order valence-electron chi connectivity index (χ1n) is 6.38. The molecule has 0 radical (unpaired) electrons. The van der Waals surface area contributed by atoms with Crippen molar-refractivity contribution in [3.05, 3.63) is 47.0 Å². The normalized spacial score (nSPS) is 10.8. The first-order chi connectivity index (χ1) is 10.2. The van der Waals surface area contributed by atoms with Crippen LogP contribution in [0.3, 0.4) is 0 Å². The first kappa shape index (κ1) is 13.6. The largest absolute Gasteiger partial charge is 0.496 e. The SMILES string of the molecule is COc1cccc(Cl)c1CNc1nc2cc(N)ccc2o1. The highest BCUT2D eigenvalue weighted by molar-refractivity contribution is 6.31. The van der Waals surface area contributed by atoms with Gasteiger partial charge in [-0.05, 0) is 30.3 Å². The predicted octanol–water partition coefficient (Wildman–Crippen LogP) is 3.68. The Balaban J connectivity index is 1.83. The lowest BCUT2D eigenvalue weighted by molar-refractivity contribution is 0.410. The van der Waals surface area contributed by atoms with Crippen LogP contribution in [0.5, 0.6) is 5.75 Å². The Morgan fingerprint density at radius 3 is 3.00 bits per heavy atom. The van der Waals surface area contributed by atoms with Crippen molar-refractivity contribution in [1.29, 1.82) is 0 Å². The molecule has 0 saturated heterocycles. The minimum Gasteiger partial charge on any atom is -0.496 e. The summed E-state index contributed by atoms with van der Waals surface area (Å²) in [6.07, 6.45) is 0. The number of fused-ring (bicyclic) bond motifs is 1. The second kappa shape index (κ2) is 5.54. The maximum absolute atomic E-state index is 6.19. The summed E-state index contributed by atoms with van der Waals surface area (Å²) >= 11 is 6.19. The van der Waals surface area contributed by atoms with Gasteiger partial charge in [0, 0.05) is 22.8 Å². The number of hydrogen-bond donors (Lipinski definition) is 2. The van der Waals surface area contributed by atoms with E-state index in [0.717, 1.165) is 11.3 Å². The van der Waals surface area contributed by atoms with Crippen molar-refractivity contribution in [2.24, 2.45) is 0 Å². The molecule has 0 unspecified atom stereocenters. The summed E-state index contributed by atoms with van der Waals surface area (Å²) in [6, 6.07) is 11.3. The summed E-state index contributed by atoms with van der Waals surface area (Å²) in [5, 5.41) is 3.73. The zero-order chi connectivity index (χ0) is 14.8. The Hall–Kier alpha value is -2.40. The summed E-state index contributed by atoms with van der Waals surface area (Å²) < 4.78 is 10.9. The van der Waals surface area contributed by atoms with Crippen molar-refractivity contribution in [3.63, 3.8) is 0 Å². The van der Waals surface area contributed by atoms with Crippen LogP contribution >= 0.6 is 11.6 Å². The van der Waals surface area contributed by atoms with Crippen molar-refractivity contribution in [2.45, 2.75) is 6.54 Å². The van der Waals surface area contributed by atoms with Gasteiger partial charge in [-0.25, -0.2) is 0 Å². The van der Waals surface area contributed by atoms with Gasteiger partial charge in [0.05, 0.1) is 7.11 Å². The fourth-order valence-corrected chi connectivity index (χ4v) is 2.32. The summed E-state index contributed by atoms with van der Waals surface area (Å²) in [7, 11) is 1.61. The van der Waals surface area contributed by atoms with E-state index in [0.29, 0.717) is 34.4 Å². The fraction of sp³-hybridized carbons (Fsp3) is 0.133. The van der Waals surface area contributed by atoms with Gasteiger partial charge in [-0.1, -0.05) is 17.7 Å². The molecule has 0 aliphatic carbocycles. The van der Waals surface area contributed by atoms with Crippen LogP contribution in [0.15, 0.2) is 40.8 Å². The molecule has 21 heavy (non-hydrogen) atoms. The Morgan fingerprint density at radius 2 is 2.19 bits per heavy atom. The molecule has 0 atom stereocenters. The fourth-order valence-electron chi connectivity index (χ4n) is 2.09. The van der Waals surface area contributed by atoms with Crippen LogP contribution in [0.1, 0.15) is 5.56 Å². The molecule has 6 heteroatoms. The van der Waals surface area contributed by atoms with E-state index in [2.05, 4.69) is 10.3 Å². The van der Waals surface area contributed by atoms with Crippen LogP contribution in [0, 0.1) is 0 Å². The van der Waals surface area contributed by atoms with Crippen LogP contribution in [-0.4, -0.2) is 12.1 Å². The molecule has 2 aromatic carbocycles. The highest BCUT2D eigenvalue weighted by Crippen LogP contribution is 2.28. The number of nitrogens with one attached hydrogen (secondary N) is 1. The quantitative estimate of drug-likeness (QED) is 0.719. The summed E-state index contributed by atoms with van der Waals surface area (Å²) in [5.41, 5.74) is 8.61. The summed E-state index contributed by atoms with van der Waals surface area (Å²) in [5.74, 6) is 0.718. The molecule has 3 aromatic rings. The Morgan fingerprint density at radius 1 is 1.33 bits per heavy atom. The first-order valence-corrected chi connectivity index (χ1v) is 6.76.